The van der Waals surface area contributed by atoms with Crippen LogP contribution in [0.15, 0.2) is 73.6 Å². The van der Waals surface area contributed by atoms with Crippen molar-refractivity contribution in [2.75, 3.05) is 13.2 Å². The number of ether oxygens (including phenoxy) is 2. The summed E-state index contributed by atoms with van der Waals surface area (Å²) in [6.45, 7) is 4.40. The van der Waals surface area contributed by atoms with Crippen LogP contribution in [-0.4, -0.2) is 43.8 Å². The summed E-state index contributed by atoms with van der Waals surface area (Å²) in [7, 11) is 0. The molecule has 3 aromatic heterocycles. The average Bonchev–Trinajstić information content (AvgIpc) is 3.56. The summed E-state index contributed by atoms with van der Waals surface area (Å²) in [6, 6.07) is 17.0. The van der Waals surface area contributed by atoms with Crippen molar-refractivity contribution < 1.29 is 9.47 Å². The van der Waals surface area contributed by atoms with Crippen molar-refractivity contribution in [2.45, 2.75) is 32.4 Å². The van der Waals surface area contributed by atoms with Crippen LogP contribution in [0, 0.1) is 6.92 Å². The largest absolute Gasteiger partial charge is 0.490 e. The maximum Gasteiger partial charge on any atom is 0.141 e. The second-order valence-electron chi connectivity index (χ2n) is 9.01. The highest BCUT2D eigenvalue weighted by Gasteiger charge is 2.17. The van der Waals surface area contributed by atoms with Gasteiger partial charge in [-0.2, -0.15) is 0 Å². The lowest BCUT2D eigenvalue weighted by atomic mass is 10.0. The Morgan fingerprint density at radius 1 is 1.06 bits per heavy atom. The number of nitrogens with one attached hydrogen (secondary N) is 1. The summed E-state index contributed by atoms with van der Waals surface area (Å²) in [5.74, 6) is 0.926. The monoisotopic (exact) mass is 465 g/mol. The van der Waals surface area contributed by atoms with Gasteiger partial charge >= 0.3 is 0 Å². The predicted octanol–water partition coefficient (Wildman–Crippen LogP) is 5.40. The van der Waals surface area contributed by atoms with Crippen molar-refractivity contribution >= 4 is 11.0 Å². The van der Waals surface area contributed by atoms with Crippen LogP contribution in [0.5, 0.6) is 5.75 Å². The SMILES string of the molecule is Cc1cc(-c2ncnc3[nH]c(-c4cccc(Cn5ccnc5)c4)cc23)ccc1OC1CCOCC1. The molecule has 1 N–H and O–H groups in total. The summed E-state index contributed by atoms with van der Waals surface area (Å²) in [5.41, 5.74) is 7.23. The van der Waals surface area contributed by atoms with E-state index in [0.717, 1.165) is 77.5 Å². The smallest absolute Gasteiger partial charge is 0.141 e. The number of hydrogen-bond acceptors (Lipinski definition) is 5. The number of imidazole rings is 1. The maximum absolute atomic E-state index is 6.25. The number of hydrogen-bond donors (Lipinski definition) is 1. The van der Waals surface area contributed by atoms with E-state index >= 15 is 0 Å². The van der Waals surface area contributed by atoms with Crippen LogP contribution in [0.3, 0.4) is 0 Å². The summed E-state index contributed by atoms with van der Waals surface area (Å²) >= 11 is 0. The van der Waals surface area contributed by atoms with Crippen molar-refractivity contribution in [3.63, 3.8) is 0 Å². The Morgan fingerprint density at radius 3 is 2.80 bits per heavy atom. The first-order valence-electron chi connectivity index (χ1n) is 12.0. The van der Waals surface area contributed by atoms with Gasteiger partial charge in [-0.15, -0.1) is 0 Å². The number of rotatable bonds is 6. The molecule has 0 radical (unpaired) electrons. The average molecular weight is 466 g/mol. The van der Waals surface area contributed by atoms with Crippen molar-refractivity contribution in [3.05, 3.63) is 84.7 Å². The highest BCUT2D eigenvalue weighted by atomic mass is 16.5. The van der Waals surface area contributed by atoms with E-state index in [9.17, 15) is 0 Å². The summed E-state index contributed by atoms with van der Waals surface area (Å²) in [6.07, 6.45) is 9.31. The molecule has 35 heavy (non-hydrogen) atoms. The van der Waals surface area contributed by atoms with Crippen LogP contribution in [-0.2, 0) is 11.3 Å². The molecule has 0 amide bonds. The first kappa shape index (κ1) is 21.6. The van der Waals surface area contributed by atoms with Crippen LogP contribution in [0.2, 0.25) is 0 Å². The number of aryl methyl sites for hydroxylation is 1. The summed E-state index contributed by atoms with van der Waals surface area (Å²) < 4.78 is 13.8. The first-order valence-corrected chi connectivity index (χ1v) is 12.0. The van der Waals surface area contributed by atoms with Crippen LogP contribution >= 0.6 is 0 Å². The van der Waals surface area contributed by atoms with Gasteiger partial charge in [-0.3, -0.25) is 0 Å². The Bertz CT molecular complexity index is 1450. The quantitative estimate of drug-likeness (QED) is 0.363. The lowest BCUT2D eigenvalue weighted by molar-refractivity contribution is 0.0253. The van der Waals surface area contributed by atoms with Gasteiger partial charge in [-0.1, -0.05) is 18.2 Å². The molecular weight excluding hydrogens is 438 g/mol. The molecular formula is C28H27N5O2. The zero-order chi connectivity index (χ0) is 23.6. The fourth-order valence-electron chi connectivity index (χ4n) is 4.66. The Hall–Kier alpha value is -3.97. The molecule has 6 rings (SSSR count). The maximum atomic E-state index is 6.25. The van der Waals surface area contributed by atoms with Crippen molar-refractivity contribution in [3.8, 4) is 28.3 Å². The van der Waals surface area contributed by atoms with E-state index in [2.05, 4.69) is 80.0 Å². The molecule has 1 aliphatic heterocycles. The Balaban J connectivity index is 1.30. The third-order valence-electron chi connectivity index (χ3n) is 6.50. The summed E-state index contributed by atoms with van der Waals surface area (Å²) in [4.78, 5) is 16.8. The van der Waals surface area contributed by atoms with E-state index in [0.29, 0.717) is 0 Å². The van der Waals surface area contributed by atoms with Crippen molar-refractivity contribution in [1.29, 1.82) is 0 Å². The third kappa shape index (κ3) is 4.55. The van der Waals surface area contributed by atoms with Gasteiger partial charge in [-0.05, 0) is 53.9 Å². The molecule has 7 nitrogen and oxygen atoms in total. The van der Waals surface area contributed by atoms with Crippen LogP contribution in [0.25, 0.3) is 33.5 Å². The zero-order valence-electron chi connectivity index (χ0n) is 19.6. The topological polar surface area (TPSA) is 77.9 Å². The standard InChI is InChI=1S/C28H27N5O2/c1-19-13-22(5-6-26(19)35-23-7-11-34-12-8-23)27-24-15-25(32-28(24)31-17-30-27)21-4-2-3-20(14-21)16-33-10-9-29-18-33/h2-6,9-10,13-15,17-18,23H,7-8,11-12,16H2,1H3,(H,30,31,32). The van der Waals surface area contributed by atoms with Crippen LogP contribution < -0.4 is 4.74 Å². The number of benzene rings is 2. The minimum Gasteiger partial charge on any atom is -0.490 e. The van der Waals surface area contributed by atoms with E-state index in [1.807, 2.05) is 12.5 Å². The van der Waals surface area contributed by atoms with E-state index in [-0.39, 0.29) is 6.10 Å². The van der Waals surface area contributed by atoms with Gasteiger partial charge in [0.1, 0.15) is 23.8 Å². The molecule has 0 bridgehead atoms. The minimum absolute atomic E-state index is 0.218. The van der Waals surface area contributed by atoms with Crippen LogP contribution in [0.4, 0.5) is 0 Å². The van der Waals surface area contributed by atoms with Gasteiger partial charge < -0.3 is 19.0 Å². The molecule has 1 saturated heterocycles. The second-order valence-corrected chi connectivity index (χ2v) is 9.01. The highest BCUT2D eigenvalue weighted by Crippen LogP contribution is 2.33. The lowest BCUT2D eigenvalue weighted by Gasteiger charge is -2.24. The molecule has 5 aromatic rings. The van der Waals surface area contributed by atoms with Crippen LogP contribution in [0.1, 0.15) is 24.0 Å². The number of nitrogens with zero attached hydrogens (tertiary/aromatic N) is 4. The van der Waals surface area contributed by atoms with Gasteiger partial charge in [0.05, 0.1) is 25.2 Å². The van der Waals surface area contributed by atoms with Crippen molar-refractivity contribution in [1.82, 2.24) is 24.5 Å². The normalized spacial score (nSPS) is 14.4. The van der Waals surface area contributed by atoms with Crippen molar-refractivity contribution in [2.24, 2.45) is 0 Å². The predicted molar refractivity (Wildman–Crippen MR) is 135 cm³/mol. The molecule has 0 spiro atoms. The number of fused-ring (bicyclic) bond motifs is 1. The van der Waals surface area contributed by atoms with Gasteiger partial charge in [-0.25, -0.2) is 15.0 Å². The van der Waals surface area contributed by atoms with E-state index in [1.165, 1.54) is 5.56 Å². The number of aromatic amines is 1. The fraction of sp³-hybridized carbons (Fsp3) is 0.250. The Labute approximate surface area is 203 Å². The minimum atomic E-state index is 0.218. The van der Waals surface area contributed by atoms with E-state index < -0.39 is 0 Å². The van der Waals surface area contributed by atoms with Gasteiger partial charge in [0.25, 0.3) is 0 Å². The molecule has 1 fully saturated rings. The highest BCUT2D eigenvalue weighted by molar-refractivity contribution is 5.94. The number of H-pyrrole nitrogens is 1. The zero-order valence-corrected chi connectivity index (χ0v) is 19.6. The second kappa shape index (κ2) is 9.35. The Morgan fingerprint density at radius 2 is 1.97 bits per heavy atom. The van der Waals surface area contributed by atoms with Gasteiger partial charge in [0.15, 0.2) is 0 Å². The Kier molecular flexibility index (Phi) is 5.76. The molecule has 1 aliphatic rings. The molecule has 0 atom stereocenters. The van der Waals surface area contributed by atoms with Gasteiger partial charge in [0.2, 0.25) is 0 Å². The molecule has 0 unspecified atom stereocenters. The van der Waals surface area contributed by atoms with Gasteiger partial charge in [0, 0.05) is 48.4 Å². The van der Waals surface area contributed by atoms with E-state index in [1.54, 1.807) is 12.5 Å². The molecule has 4 heterocycles. The van der Waals surface area contributed by atoms with E-state index in [4.69, 9.17) is 9.47 Å². The first-order chi connectivity index (χ1) is 17.2. The molecule has 7 heteroatoms. The molecule has 176 valence electrons. The lowest BCUT2D eigenvalue weighted by Crippen LogP contribution is -2.26. The molecule has 0 aliphatic carbocycles. The molecule has 0 saturated carbocycles. The fourth-order valence-corrected chi connectivity index (χ4v) is 4.66. The third-order valence-corrected chi connectivity index (χ3v) is 6.50. The number of aromatic nitrogens is 5. The summed E-state index contributed by atoms with van der Waals surface area (Å²) in [5, 5.41) is 1.00. The molecule has 2 aromatic carbocycles.